The molecule has 5 heteroatoms. The van der Waals surface area contributed by atoms with Crippen LogP contribution in [0.25, 0.3) is 0 Å². The quantitative estimate of drug-likeness (QED) is 0.939. The summed E-state index contributed by atoms with van der Waals surface area (Å²) in [4.78, 5) is 5.77. The van der Waals surface area contributed by atoms with Crippen LogP contribution >= 0.6 is 11.3 Å². The zero-order valence-corrected chi connectivity index (χ0v) is 13.4. The van der Waals surface area contributed by atoms with Crippen LogP contribution in [0.5, 0.6) is 11.5 Å². The molecule has 0 fully saturated rings. The topological polar surface area (TPSA) is 43.4 Å². The van der Waals surface area contributed by atoms with E-state index in [1.807, 2.05) is 18.3 Å². The average Bonchev–Trinajstić information content (AvgIpc) is 3.05. The van der Waals surface area contributed by atoms with Crippen LogP contribution in [-0.4, -0.2) is 11.8 Å². The van der Waals surface area contributed by atoms with Crippen molar-refractivity contribution in [3.8, 4) is 11.5 Å². The summed E-state index contributed by atoms with van der Waals surface area (Å²) in [6.45, 7) is 8.53. The van der Waals surface area contributed by atoms with Crippen molar-refractivity contribution < 1.29 is 9.47 Å². The Bertz CT molecular complexity index is 631. The summed E-state index contributed by atoms with van der Waals surface area (Å²) in [5.41, 5.74) is 1.32. The van der Waals surface area contributed by atoms with Crippen LogP contribution in [0.3, 0.4) is 0 Å². The summed E-state index contributed by atoms with van der Waals surface area (Å²) >= 11 is 1.78. The van der Waals surface area contributed by atoms with Gasteiger partial charge in [0.15, 0.2) is 11.5 Å². The lowest BCUT2D eigenvalue weighted by Gasteiger charge is -2.13. The van der Waals surface area contributed by atoms with Crippen molar-refractivity contribution >= 4 is 11.3 Å². The van der Waals surface area contributed by atoms with Crippen LogP contribution in [-0.2, 0) is 18.5 Å². The molecule has 1 aromatic carbocycles. The number of nitrogens with one attached hydrogen (secondary N) is 1. The number of nitrogens with zero attached hydrogens (tertiary/aromatic N) is 1. The number of fused-ring (bicyclic) bond motifs is 1. The van der Waals surface area contributed by atoms with Crippen LogP contribution in [0, 0.1) is 0 Å². The van der Waals surface area contributed by atoms with Gasteiger partial charge in [0, 0.05) is 29.6 Å². The Kier molecular flexibility index (Phi) is 3.87. The second-order valence-electron chi connectivity index (χ2n) is 6.17. The SMILES string of the molecule is CC(C)(C)c1ncc(CNCc2ccc3c(c2)OCO3)s1. The molecule has 4 nitrogen and oxygen atoms in total. The molecular formula is C16H20N2O2S. The van der Waals surface area contributed by atoms with Gasteiger partial charge in [-0.15, -0.1) is 11.3 Å². The number of aromatic nitrogens is 1. The van der Waals surface area contributed by atoms with Crippen LogP contribution < -0.4 is 14.8 Å². The van der Waals surface area contributed by atoms with Crippen molar-refractivity contribution in [3.63, 3.8) is 0 Å². The Morgan fingerprint density at radius 3 is 2.76 bits per heavy atom. The molecule has 2 aromatic rings. The van der Waals surface area contributed by atoms with Crippen molar-refractivity contribution in [1.82, 2.24) is 10.3 Å². The van der Waals surface area contributed by atoms with Crippen LogP contribution in [0.15, 0.2) is 24.4 Å². The molecule has 112 valence electrons. The number of hydrogen-bond acceptors (Lipinski definition) is 5. The summed E-state index contributed by atoms with van der Waals surface area (Å²) in [6, 6.07) is 6.06. The van der Waals surface area contributed by atoms with Gasteiger partial charge in [-0.3, -0.25) is 0 Å². The summed E-state index contributed by atoms with van der Waals surface area (Å²) < 4.78 is 10.7. The van der Waals surface area contributed by atoms with Gasteiger partial charge in [-0.25, -0.2) is 4.98 Å². The van der Waals surface area contributed by atoms with Crippen LogP contribution in [0.2, 0.25) is 0 Å². The van der Waals surface area contributed by atoms with E-state index in [1.54, 1.807) is 11.3 Å². The van der Waals surface area contributed by atoms with Gasteiger partial charge in [-0.1, -0.05) is 26.8 Å². The molecule has 0 radical (unpaired) electrons. The minimum atomic E-state index is 0.125. The number of rotatable bonds is 4. The van der Waals surface area contributed by atoms with Gasteiger partial charge in [-0.05, 0) is 17.7 Å². The van der Waals surface area contributed by atoms with Crippen LogP contribution in [0.1, 0.15) is 36.2 Å². The lowest BCUT2D eigenvalue weighted by molar-refractivity contribution is 0.174. The predicted molar refractivity (Wildman–Crippen MR) is 83.9 cm³/mol. The second-order valence-corrected chi connectivity index (χ2v) is 7.29. The zero-order valence-electron chi connectivity index (χ0n) is 12.6. The Labute approximate surface area is 129 Å². The van der Waals surface area contributed by atoms with E-state index in [2.05, 4.69) is 37.1 Å². The highest BCUT2D eigenvalue weighted by Gasteiger charge is 2.18. The van der Waals surface area contributed by atoms with Gasteiger partial charge in [-0.2, -0.15) is 0 Å². The van der Waals surface area contributed by atoms with Crippen molar-refractivity contribution in [2.75, 3.05) is 6.79 Å². The molecule has 2 heterocycles. The summed E-state index contributed by atoms with van der Waals surface area (Å²) in [5.74, 6) is 1.66. The number of hydrogen-bond donors (Lipinski definition) is 1. The van der Waals surface area contributed by atoms with Crippen molar-refractivity contribution in [1.29, 1.82) is 0 Å². The molecule has 0 saturated carbocycles. The standard InChI is InChI=1S/C16H20N2O2S/c1-16(2,3)15-18-9-12(21-15)8-17-7-11-4-5-13-14(6-11)20-10-19-13/h4-6,9,17H,7-8,10H2,1-3H3. The maximum absolute atomic E-state index is 5.39. The largest absolute Gasteiger partial charge is 0.454 e. The molecule has 0 spiro atoms. The first kappa shape index (κ1) is 14.4. The minimum Gasteiger partial charge on any atom is -0.454 e. The van der Waals surface area contributed by atoms with Gasteiger partial charge in [0.1, 0.15) is 0 Å². The Morgan fingerprint density at radius 2 is 2.00 bits per heavy atom. The summed E-state index contributed by atoms with van der Waals surface area (Å²) in [5, 5.41) is 4.63. The fraction of sp³-hybridized carbons (Fsp3) is 0.438. The Morgan fingerprint density at radius 1 is 1.19 bits per heavy atom. The third kappa shape index (κ3) is 3.36. The molecule has 1 aromatic heterocycles. The molecule has 1 aliphatic rings. The molecule has 0 atom stereocenters. The average molecular weight is 304 g/mol. The Hall–Kier alpha value is -1.59. The lowest BCUT2D eigenvalue weighted by atomic mass is 9.98. The van der Waals surface area contributed by atoms with Gasteiger partial charge < -0.3 is 14.8 Å². The first-order valence-electron chi connectivity index (χ1n) is 7.07. The number of thiazole rings is 1. The molecular weight excluding hydrogens is 284 g/mol. The van der Waals surface area contributed by atoms with Gasteiger partial charge in [0.05, 0.1) is 5.01 Å². The van der Waals surface area contributed by atoms with E-state index in [0.29, 0.717) is 6.79 Å². The van der Waals surface area contributed by atoms with Gasteiger partial charge in [0.25, 0.3) is 0 Å². The van der Waals surface area contributed by atoms with E-state index in [1.165, 1.54) is 15.4 Å². The third-order valence-corrected chi connectivity index (χ3v) is 4.68. The molecule has 1 N–H and O–H groups in total. The highest BCUT2D eigenvalue weighted by atomic mass is 32.1. The van der Waals surface area contributed by atoms with E-state index < -0.39 is 0 Å². The van der Waals surface area contributed by atoms with E-state index in [9.17, 15) is 0 Å². The van der Waals surface area contributed by atoms with Crippen molar-refractivity contribution in [3.05, 3.63) is 39.8 Å². The fourth-order valence-corrected chi connectivity index (χ4v) is 3.06. The monoisotopic (exact) mass is 304 g/mol. The highest BCUT2D eigenvalue weighted by molar-refractivity contribution is 7.11. The number of benzene rings is 1. The van der Waals surface area contributed by atoms with E-state index in [-0.39, 0.29) is 5.41 Å². The lowest BCUT2D eigenvalue weighted by Crippen LogP contribution is -2.11. The molecule has 0 aliphatic carbocycles. The molecule has 0 amide bonds. The molecule has 21 heavy (non-hydrogen) atoms. The first-order chi connectivity index (χ1) is 10.0. The predicted octanol–water partition coefficient (Wildman–Crippen LogP) is 3.46. The van der Waals surface area contributed by atoms with E-state index >= 15 is 0 Å². The summed E-state index contributed by atoms with van der Waals surface area (Å²) in [6.07, 6.45) is 1.97. The van der Waals surface area contributed by atoms with Crippen LogP contribution in [0.4, 0.5) is 0 Å². The van der Waals surface area contributed by atoms with Crippen molar-refractivity contribution in [2.24, 2.45) is 0 Å². The third-order valence-electron chi connectivity index (χ3n) is 3.26. The van der Waals surface area contributed by atoms with Crippen molar-refractivity contribution in [2.45, 2.75) is 39.3 Å². The summed E-state index contributed by atoms with van der Waals surface area (Å²) in [7, 11) is 0. The molecule has 0 saturated heterocycles. The van der Waals surface area contributed by atoms with E-state index in [4.69, 9.17) is 9.47 Å². The first-order valence-corrected chi connectivity index (χ1v) is 7.88. The zero-order chi connectivity index (χ0) is 14.9. The van der Waals surface area contributed by atoms with Gasteiger partial charge >= 0.3 is 0 Å². The molecule has 0 bridgehead atoms. The number of ether oxygens (including phenoxy) is 2. The molecule has 3 rings (SSSR count). The van der Waals surface area contributed by atoms with E-state index in [0.717, 1.165) is 24.6 Å². The Balaban J connectivity index is 1.55. The maximum Gasteiger partial charge on any atom is 0.231 e. The molecule has 0 unspecified atom stereocenters. The maximum atomic E-state index is 5.39. The smallest absolute Gasteiger partial charge is 0.231 e. The highest BCUT2D eigenvalue weighted by Crippen LogP contribution is 2.32. The van der Waals surface area contributed by atoms with Gasteiger partial charge in [0.2, 0.25) is 6.79 Å². The minimum absolute atomic E-state index is 0.125. The normalized spacial score (nSPS) is 13.7. The fourth-order valence-electron chi connectivity index (χ4n) is 2.12. The second kappa shape index (κ2) is 5.66. The molecule has 1 aliphatic heterocycles.